The minimum Gasteiger partial charge on any atom is -0.618 e. The first-order valence-electron chi connectivity index (χ1n) is 3.61. The van der Waals surface area contributed by atoms with Crippen molar-refractivity contribution in [3.05, 3.63) is 35.3 Å². The van der Waals surface area contributed by atoms with Gasteiger partial charge < -0.3 is 10.5 Å². The molecular formula is C8H10N2O2. The number of pyridine rings is 1. The molecule has 1 amide bonds. The van der Waals surface area contributed by atoms with Gasteiger partial charge in [-0.25, -0.2) is 0 Å². The smallest absolute Gasteiger partial charge is 0.217 e. The minimum atomic E-state index is -0.140. The van der Waals surface area contributed by atoms with Gasteiger partial charge in [0.15, 0.2) is 6.20 Å². The second kappa shape index (κ2) is 3.71. The molecule has 0 fully saturated rings. The van der Waals surface area contributed by atoms with E-state index in [1.54, 1.807) is 18.2 Å². The van der Waals surface area contributed by atoms with Gasteiger partial charge >= 0.3 is 0 Å². The third-order valence-electron chi connectivity index (χ3n) is 1.42. The van der Waals surface area contributed by atoms with Gasteiger partial charge in [-0.2, -0.15) is 4.73 Å². The van der Waals surface area contributed by atoms with Crippen molar-refractivity contribution in [3.63, 3.8) is 0 Å². The van der Waals surface area contributed by atoms with E-state index >= 15 is 0 Å². The van der Waals surface area contributed by atoms with E-state index < -0.39 is 0 Å². The molecule has 0 bridgehead atoms. The Morgan fingerprint density at radius 1 is 1.67 bits per heavy atom. The van der Waals surface area contributed by atoms with Gasteiger partial charge in [-0.05, 0) is 6.07 Å². The summed E-state index contributed by atoms with van der Waals surface area (Å²) in [7, 11) is 0. The molecule has 0 saturated carbocycles. The maximum Gasteiger partial charge on any atom is 0.217 e. The van der Waals surface area contributed by atoms with Gasteiger partial charge in [0.05, 0.1) is 0 Å². The summed E-state index contributed by atoms with van der Waals surface area (Å²) < 4.78 is 0.732. The number of hydrogen-bond acceptors (Lipinski definition) is 2. The second-order valence-electron chi connectivity index (χ2n) is 2.43. The Morgan fingerprint density at radius 3 is 3.00 bits per heavy atom. The monoisotopic (exact) mass is 166 g/mol. The van der Waals surface area contributed by atoms with E-state index in [4.69, 9.17) is 0 Å². The van der Waals surface area contributed by atoms with Crippen LogP contribution in [0.1, 0.15) is 12.6 Å². The highest BCUT2D eigenvalue weighted by molar-refractivity contribution is 5.72. The van der Waals surface area contributed by atoms with E-state index in [1.165, 1.54) is 13.1 Å². The standard InChI is InChI=1S/C8H10N2O2/c1-7(11)9-6-8-4-2-3-5-10(8)12/h2-5H,6H2,1H3,(H,9,11). The number of hydrogen-bond donors (Lipinski definition) is 1. The predicted molar refractivity (Wildman–Crippen MR) is 42.9 cm³/mol. The maximum absolute atomic E-state index is 11.0. The van der Waals surface area contributed by atoms with Crippen LogP contribution in [0.4, 0.5) is 0 Å². The molecule has 0 aromatic carbocycles. The van der Waals surface area contributed by atoms with Crippen molar-refractivity contribution in [1.82, 2.24) is 5.32 Å². The summed E-state index contributed by atoms with van der Waals surface area (Å²) >= 11 is 0. The molecule has 1 aromatic heterocycles. The van der Waals surface area contributed by atoms with Crippen molar-refractivity contribution >= 4 is 5.91 Å². The van der Waals surface area contributed by atoms with Crippen LogP contribution in [0.25, 0.3) is 0 Å². The quantitative estimate of drug-likeness (QED) is 0.495. The number of amides is 1. The molecule has 0 unspecified atom stereocenters. The lowest BCUT2D eigenvalue weighted by atomic mass is 10.3. The van der Waals surface area contributed by atoms with Crippen molar-refractivity contribution in [2.24, 2.45) is 0 Å². The highest BCUT2D eigenvalue weighted by atomic mass is 16.5. The second-order valence-corrected chi connectivity index (χ2v) is 2.43. The largest absolute Gasteiger partial charge is 0.618 e. The van der Waals surface area contributed by atoms with Gasteiger partial charge in [0.1, 0.15) is 6.54 Å². The van der Waals surface area contributed by atoms with E-state index in [1.807, 2.05) is 0 Å². The number of aromatic nitrogens is 1. The van der Waals surface area contributed by atoms with Crippen LogP contribution in [-0.4, -0.2) is 5.91 Å². The fourth-order valence-corrected chi connectivity index (χ4v) is 0.816. The lowest BCUT2D eigenvalue weighted by molar-refractivity contribution is -0.614. The number of nitrogens with one attached hydrogen (secondary N) is 1. The van der Waals surface area contributed by atoms with Gasteiger partial charge in [0.2, 0.25) is 11.6 Å². The molecule has 1 heterocycles. The summed E-state index contributed by atoms with van der Waals surface area (Å²) in [6, 6.07) is 5.07. The van der Waals surface area contributed by atoms with Crippen LogP contribution in [0.2, 0.25) is 0 Å². The summed E-state index contributed by atoms with van der Waals surface area (Å²) in [5.41, 5.74) is 0.535. The molecule has 12 heavy (non-hydrogen) atoms. The van der Waals surface area contributed by atoms with Crippen molar-refractivity contribution in [2.45, 2.75) is 13.5 Å². The molecule has 0 saturated heterocycles. The summed E-state index contributed by atoms with van der Waals surface area (Å²) in [4.78, 5) is 10.5. The molecule has 0 spiro atoms. The van der Waals surface area contributed by atoms with Crippen molar-refractivity contribution in [2.75, 3.05) is 0 Å². The number of rotatable bonds is 2. The molecule has 1 N–H and O–H groups in total. The lowest BCUT2D eigenvalue weighted by Gasteiger charge is -2.03. The molecule has 0 aliphatic rings. The average molecular weight is 166 g/mol. The Morgan fingerprint density at radius 2 is 2.42 bits per heavy atom. The molecule has 0 aliphatic heterocycles. The van der Waals surface area contributed by atoms with Gasteiger partial charge in [-0.1, -0.05) is 0 Å². The van der Waals surface area contributed by atoms with Gasteiger partial charge in [0, 0.05) is 19.1 Å². The molecule has 0 radical (unpaired) electrons. The molecule has 4 nitrogen and oxygen atoms in total. The van der Waals surface area contributed by atoms with E-state index in [0.29, 0.717) is 5.69 Å². The normalized spacial score (nSPS) is 9.42. The average Bonchev–Trinajstić information content (AvgIpc) is 2.03. The summed E-state index contributed by atoms with van der Waals surface area (Å²) in [5.74, 6) is -0.140. The molecular weight excluding hydrogens is 156 g/mol. The minimum absolute atomic E-state index is 0.140. The third-order valence-corrected chi connectivity index (χ3v) is 1.42. The summed E-state index contributed by atoms with van der Waals surface area (Å²) in [6.07, 6.45) is 1.40. The fourth-order valence-electron chi connectivity index (χ4n) is 0.816. The van der Waals surface area contributed by atoms with Gasteiger partial charge in [0.25, 0.3) is 0 Å². The highest BCUT2D eigenvalue weighted by Crippen LogP contribution is 1.89. The zero-order chi connectivity index (χ0) is 8.97. The number of nitrogens with zero attached hydrogens (tertiary/aromatic N) is 1. The first-order chi connectivity index (χ1) is 5.70. The third kappa shape index (κ3) is 2.23. The molecule has 64 valence electrons. The van der Waals surface area contributed by atoms with Crippen LogP contribution in [-0.2, 0) is 11.3 Å². The number of carbonyl (C=O) groups excluding carboxylic acids is 1. The Hall–Kier alpha value is -1.58. The van der Waals surface area contributed by atoms with Crippen LogP contribution in [0.15, 0.2) is 24.4 Å². The van der Waals surface area contributed by atoms with Crippen molar-refractivity contribution in [1.29, 1.82) is 0 Å². The number of carbonyl (C=O) groups is 1. The van der Waals surface area contributed by atoms with E-state index in [-0.39, 0.29) is 12.5 Å². The Kier molecular flexibility index (Phi) is 2.63. The predicted octanol–water partition coefficient (Wildman–Crippen LogP) is -0.0439. The molecule has 0 aliphatic carbocycles. The Balaban J connectivity index is 2.63. The SMILES string of the molecule is CC(=O)NCc1cccc[n+]1[O-]. The van der Waals surface area contributed by atoms with Crippen LogP contribution in [0, 0.1) is 5.21 Å². The zero-order valence-electron chi connectivity index (χ0n) is 6.78. The summed E-state index contributed by atoms with van der Waals surface area (Å²) in [6.45, 7) is 1.69. The van der Waals surface area contributed by atoms with E-state index in [0.717, 1.165) is 4.73 Å². The van der Waals surface area contributed by atoms with Crippen LogP contribution in [0.5, 0.6) is 0 Å². The van der Waals surface area contributed by atoms with Gasteiger partial charge in [-0.3, -0.25) is 4.79 Å². The van der Waals surface area contributed by atoms with Crippen LogP contribution in [0.3, 0.4) is 0 Å². The molecule has 0 atom stereocenters. The topological polar surface area (TPSA) is 56.0 Å². The molecule has 1 aromatic rings. The van der Waals surface area contributed by atoms with Crippen molar-refractivity contribution in [3.8, 4) is 0 Å². The lowest BCUT2D eigenvalue weighted by Crippen LogP contribution is -2.34. The van der Waals surface area contributed by atoms with Crippen molar-refractivity contribution < 1.29 is 9.52 Å². The fraction of sp³-hybridized carbons (Fsp3) is 0.250. The van der Waals surface area contributed by atoms with E-state index in [9.17, 15) is 10.0 Å². The Labute approximate surface area is 70.4 Å². The van der Waals surface area contributed by atoms with E-state index in [2.05, 4.69) is 5.32 Å². The van der Waals surface area contributed by atoms with Gasteiger partial charge in [-0.15, -0.1) is 0 Å². The Bertz CT molecular complexity index is 286. The van der Waals surface area contributed by atoms with Crippen LogP contribution >= 0.6 is 0 Å². The maximum atomic E-state index is 11.0. The molecule has 4 heteroatoms. The highest BCUT2D eigenvalue weighted by Gasteiger charge is 2.02. The first-order valence-corrected chi connectivity index (χ1v) is 3.61. The summed E-state index contributed by atoms with van der Waals surface area (Å²) in [5, 5.41) is 13.5. The molecule has 1 rings (SSSR count). The van der Waals surface area contributed by atoms with Crippen LogP contribution < -0.4 is 10.0 Å². The zero-order valence-corrected chi connectivity index (χ0v) is 6.78. The first kappa shape index (κ1) is 8.52.